The van der Waals surface area contributed by atoms with E-state index in [1.165, 1.54) is 24.9 Å². The highest BCUT2D eigenvalue weighted by Crippen LogP contribution is 2.21. The second kappa shape index (κ2) is 7.96. The topological polar surface area (TPSA) is 68.5 Å². The van der Waals surface area contributed by atoms with Gasteiger partial charge >= 0.3 is 5.97 Å². The minimum atomic E-state index is -0.835. The maximum Gasteiger partial charge on any atom is 0.341 e. The molecule has 0 fully saturated rings. The van der Waals surface area contributed by atoms with Gasteiger partial charge in [-0.25, -0.2) is 13.6 Å². The number of nitrogens with one attached hydrogen (secondary N) is 1. The number of esters is 1. The van der Waals surface area contributed by atoms with E-state index < -0.39 is 29.2 Å². The monoisotopic (exact) mass is 355 g/mol. The Kier molecular flexibility index (Phi) is 5.97. The third-order valence-corrected chi connectivity index (χ3v) is 4.03. The molecule has 0 unspecified atom stereocenters. The molecule has 0 atom stereocenters. The number of thioether (sulfide) groups is 1. The summed E-state index contributed by atoms with van der Waals surface area (Å²) < 4.78 is 36.9. The van der Waals surface area contributed by atoms with Crippen molar-refractivity contribution in [1.82, 2.24) is 0 Å². The SMILES string of the molecule is COC(=O)c1cc(CSCC(=O)Nc2c(F)cccc2F)oc1C. The second-order valence-electron chi connectivity index (χ2n) is 4.81. The Morgan fingerprint density at radius 3 is 2.58 bits per heavy atom. The quantitative estimate of drug-likeness (QED) is 0.803. The van der Waals surface area contributed by atoms with Gasteiger partial charge in [-0.15, -0.1) is 11.8 Å². The third-order valence-electron chi connectivity index (χ3n) is 3.08. The van der Waals surface area contributed by atoms with Gasteiger partial charge < -0.3 is 14.5 Å². The standard InChI is InChI=1S/C16H15F2NO4S/c1-9-11(16(21)22-2)6-10(23-9)7-24-8-14(20)19-15-12(17)4-3-5-13(15)18/h3-6H,7-8H2,1-2H3,(H,19,20). The largest absolute Gasteiger partial charge is 0.465 e. The van der Waals surface area contributed by atoms with Crippen LogP contribution in [0.1, 0.15) is 21.9 Å². The summed E-state index contributed by atoms with van der Waals surface area (Å²) in [5.74, 6) is -1.49. The number of hydrogen-bond donors (Lipinski definition) is 1. The van der Waals surface area contributed by atoms with Crippen LogP contribution in [0.25, 0.3) is 0 Å². The first kappa shape index (κ1) is 18.0. The Hall–Kier alpha value is -2.35. The van der Waals surface area contributed by atoms with E-state index in [0.29, 0.717) is 22.8 Å². The lowest BCUT2D eigenvalue weighted by Gasteiger charge is -2.06. The number of benzene rings is 1. The van der Waals surface area contributed by atoms with Crippen LogP contribution in [-0.2, 0) is 15.3 Å². The predicted octanol–water partition coefficient (Wildman–Crippen LogP) is 3.52. The number of hydrogen-bond acceptors (Lipinski definition) is 5. The van der Waals surface area contributed by atoms with Crippen molar-refractivity contribution in [2.24, 2.45) is 0 Å². The number of halogens is 2. The van der Waals surface area contributed by atoms with Crippen LogP contribution in [0, 0.1) is 18.6 Å². The Morgan fingerprint density at radius 2 is 1.96 bits per heavy atom. The van der Waals surface area contributed by atoms with Gasteiger partial charge in [0.1, 0.15) is 34.4 Å². The fourth-order valence-corrected chi connectivity index (χ4v) is 2.67. The number of methoxy groups -OCH3 is 1. The second-order valence-corrected chi connectivity index (χ2v) is 5.80. The zero-order valence-electron chi connectivity index (χ0n) is 13.0. The molecule has 1 heterocycles. The fourth-order valence-electron chi connectivity index (χ4n) is 1.96. The lowest BCUT2D eigenvalue weighted by atomic mass is 10.2. The number of anilines is 1. The van der Waals surface area contributed by atoms with Gasteiger partial charge in [0, 0.05) is 0 Å². The minimum absolute atomic E-state index is 0.0267. The van der Waals surface area contributed by atoms with Crippen molar-refractivity contribution in [3.8, 4) is 0 Å². The highest BCUT2D eigenvalue weighted by Gasteiger charge is 2.16. The predicted molar refractivity (Wildman–Crippen MR) is 85.9 cm³/mol. The molecule has 0 bridgehead atoms. The first-order chi connectivity index (χ1) is 11.4. The molecular weight excluding hydrogens is 340 g/mol. The molecule has 0 saturated carbocycles. The van der Waals surface area contributed by atoms with Gasteiger partial charge in [-0.05, 0) is 25.1 Å². The highest BCUT2D eigenvalue weighted by molar-refractivity contribution is 7.99. The minimum Gasteiger partial charge on any atom is -0.465 e. The number of carbonyl (C=O) groups is 2. The number of furan rings is 1. The van der Waals surface area contributed by atoms with E-state index in [2.05, 4.69) is 10.1 Å². The first-order valence-electron chi connectivity index (χ1n) is 6.91. The summed E-state index contributed by atoms with van der Waals surface area (Å²) in [7, 11) is 1.27. The summed E-state index contributed by atoms with van der Waals surface area (Å²) in [6.07, 6.45) is 0. The van der Waals surface area contributed by atoms with Gasteiger partial charge in [-0.2, -0.15) is 0 Å². The molecule has 0 aliphatic carbocycles. The van der Waals surface area contributed by atoms with E-state index in [1.54, 1.807) is 13.0 Å². The van der Waals surface area contributed by atoms with Crippen LogP contribution in [0.15, 0.2) is 28.7 Å². The maximum atomic E-state index is 13.4. The fraction of sp³-hybridized carbons (Fsp3) is 0.250. The maximum absolute atomic E-state index is 13.4. The number of ether oxygens (including phenoxy) is 1. The molecule has 0 saturated heterocycles. The Balaban J connectivity index is 1.88. The summed E-state index contributed by atoms with van der Waals surface area (Å²) in [6.45, 7) is 1.63. The van der Waals surface area contributed by atoms with Crippen LogP contribution >= 0.6 is 11.8 Å². The molecule has 0 aliphatic rings. The van der Waals surface area contributed by atoms with Crippen LogP contribution in [0.3, 0.4) is 0 Å². The molecule has 24 heavy (non-hydrogen) atoms. The van der Waals surface area contributed by atoms with Gasteiger partial charge in [0.2, 0.25) is 5.91 Å². The number of rotatable bonds is 6. The zero-order chi connectivity index (χ0) is 17.7. The van der Waals surface area contributed by atoms with Gasteiger partial charge in [-0.1, -0.05) is 6.07 Å². The van der Waals surface area contributed by atoms with Crippen molar-refractivity contribution in [3.05, 3.63) is 53.0 Å². The van der Waals surface area contributed by atoms with E-state index >= 15 is 0 Å². The lowest BCUT2D eigenvalue weighted by molar-refractivity contribution is -0.113. The molecule has 0 aliphatic heterocycles. The van der Waals surface area contributed by atoms with Gasteiger partial charge in [-0.3, -0.25) is 4.79 Å². The number of para-hydroxylation sites is 1. The molecule has 1 N–H and O–H groups in total. The summed E-state index contributed by atoms with van der Waals surface area (Å²) in [5.41, 5.74) is -0.143. The molecule has 2 rings (SSSR count). The molecule has 2 aromatic rings. The summed E-state index contributed by atoms with van der Waals surface area (Å²) in [5, 5.41) is 2.19. The third kappa shape index (κ3) is 4.35. The molecule has 0 spiro atoms. The Labute approximate surface area is 141 Å². The molecular formula is C16H15F2NO4S. The van der Waals surface area contributed by atoms with E-state index in [4.69, 9.17) is 4.42 Å². The summed E-state index contributed by atoms with van der Waals surface area (Å²) >= 11 is 1.18. The molecule has 1 aromatic carbocycles. The molecule has 128 valence electrons. The normalized spacial score (nSPS) is 10.5. The average molecular weight is 355 g/mol. The van der Waals surface area contributed by atoms with E-state index in [1.807, 2.05) is 0 Å². The van der Waals surface area contributed by atoms with E-state index in [9.17, 15) is 18.4 Å². The molecule has 8 heteroatoms. The van der Waals surface area contributed by atoms with Crippen molar-refractivity contribution < 1.29 is 27.5 Å². The molecule has 0 radical (unpaired) electrons. The van der Waals surface area contributed by atoms with Crippen molar-refractivity contribution >= 4 is 29.3 Å². The van der Waals surface area contributed by atoms with Crippen LogP contribution in [0.5, 0.6) is 0 Å². The van der Waals surface area contributed by atoms with E-state index in [0.717, 1.165) is 12.1 Å². The smallest absolute Gasteiger partial charge is 0.341 e. The molecule has 5 nitrogen and oxygen atoms in total. The summed E-state index contributed by atoms with van der Waals surface area (Å²) in [6, 6.07) is 4.88. The average Bonchev–Trinajstić information content (AvgIpc) is 2.91. The first-order valence-corrected chi connectivity index (χ1v) is 8.07. The highest BCUT2D eigenvalue weighted by atomic mass is 32.2. The van der Waals surface area contributed by atoms with Gasteiger partial charge in [0.05, 0.1) is 18.6 Å². The number of amides is 1. The van der Waals surface area contributed by atoms with Crippen LogP contribution < -0.4 is 5.32 Å². The molecule has 1 amide bonds. The van der Waals surface area contributed by atoms with Crippen LogP contribution in [0.4, 0.5) is 14.5 Å². The number of carbonyl (C=O) groups excluding carboxylic acids is 2. The van der Waals surface area contributed by atoms with Crippen molar-refractivity contribution in [3.63, 3.8) is 0 Å². The lowest BCUT2D eigenvalue weighted by Crippen LogP contribution is -2.16. The summed E-state index contributed by atoms with van der Waals surface area (Å²) in [4.78, 5) is 23.2. The van der Waals surface area contributed by atoms with E-state index in [-0.39, 0.29) is 5.75 Å². The van der Waals surface area contributed by atoms with Crippen molar-refractivity contribution in [2.75, 3.05) is 18.2 Å². The Bertz CT molecular complexity index is 740. The van der Waals surface area contributed by atoms with Crippen molar-refractivity contribution in [1.29, 1.82) is 0 Å². The van der Waals surface area contributed by atoms with Crippen molar-refractivity contribution in [2.45, 2.75) is 12.7 Å². The van der Waals surface area contributed by atoms with Crippen LogP contribution in [-0.4, -0.2) is 24.7 Å². The van der Waals surface area contributed by atoms with Gasteiger partial charge in [0.15, 0.2) is 0 Å². The van der Waals surface area contributed by atoms with Gasteiger partial charge in [0.25, 0.3) is 0 Å². The van der Waals surface area contributed by atoms with Crippen LogP contribution in [0.2, 0.25) is 0 Å². The Morgan fingerprint density at radius 1 is 1.29 bits per heavy atom. The molecule has 1 aromatic heterocycles. The zero-order valence-corrected chi connectivity index (χ0v) is 13.8. The number of aryl methyl sites for hydroxylation is 1.